The van der Waals surface area contributed by atoms with E-state index in [1.165, 1.54) is 12.0 Å². The first-order chi connectivity index (χ1) is 9.85. The lowest BCUT2D eigenvalue weighted by molar-refractivity contribution is 0.0954. The van der Waals surface area contributed by atoms with Crippen LogP contribution in [0.15, 0.2) is 30.3 Å². The fraction of sp³-hybridized carbons (Fsp3) is 0.647. The molecule has 3 heteroatoms. The molecule has 1 aliphatic rings. The summed E-state index contributed by atoms with van der Waals surface area (Å²) in [5.74, 6) is 0. The highest BCUT2D eigenvalue weighted by molar-refractivity contribution is 5.20. The Morgan fingerprint density at radius 3 is 2.75 bits per heavy atom. The van der Waals surface area contributed by atoms with Gasteiger partial charge in [0.15, 0.2) is 0 Å². The van der Waals surface area contributed by atoms with Crippen molar-refractivity contribution in [2.45, 2.75) is 38.8 Å². The molecular weight excluding hydrogens is 248 g/mol. The Balaban J connectivity index is 1.89. The molecule has 112 valence electrons. The Hall–Kier alpha value is -0.900. The van der Waals surface area contributed by atoms with Gasteiger partial charge in [-0.05, 0) is 25.3 Å². The Kier molecular flexibility index (Phi) is 6.51. The van der Waals surface area contributed by atoms with E-state index >= 15 is 0 Å². The molecule has 0 saturated carbocycles. The first kappa shape index (κ1) is 15.5. The third-order valence-corrected chi connectivity index (χ3v) is 4.14. The van der Waals surface area contributed by atoms with E-state index in [1.54, 1.807) is 0 Å². The summed E-state index contributed by atoms with van der Waals surface area (Å²) in [7, 11) is 0. The molecule has 3 nitrogen and oxygen atoms in total. The van der Waals surface area contributed by atoms with E-state index in [9.17, 15) is 0 Å². The van der Waals surface area contributed by atoms with Crippen LogP contribution in [0.1, 0.15) is 38.3 Å². The Bertz CT molecular complexity index is 369. The SMILES string of the molecule is CCOCCCN1CC(c2ccccc2)NCC1CC. The predicted octanol–water partition coefficient (Wildman–Crippen LogP) is 2.84. The van der Waals surface area contributed by atoms with Crippen LogP contribution in [0.3, 0.4) is 0 Å². The maximum atomic E-state index is 5.46. The van der Waals surface area contributed by atoms with Crippen molar-refractivity contribution in [3.63, 3.8) is 0 Å². The minimum absolute atomic E-state index is 0.464. The maximum Gasteiger partial charge on any atom is 0.0478 e. The molecule has 2 atom stereocenters. The van der Waals surface area contributed by atoms with Gasteiger partial charge < -0.3 is 10.1 Å². The molecular formula is C17H28N2O. The summed E-state index contributed by atoms with van der Waals surface area (Å²) in [5.41, 5.74) is 1.40. The van der Waals surface area contributed by atoms with Crippen molar-refractivity contribution in [1.29, 1.82) is 0 Å². The minimum Gasteiger partial charge on any atom is -0.382 e. The van der Waals surface area contributed by atoms with Crippen molar-refractivity contribution in [2.75, 3.05) is 32.8 Å². The van der Waals surface area contributed by atoms with Crippen LogP contribution in [0.5, 0.6) is 0 Å². The number of hydrogen-bond donors (Lipinski definition) is 1. The van der Waals surface area contributed by atoms with Crippen molar-refractivity contribution in [1.82, 2.24) is 10.2 Å². The van der Waals surface area contributed by atoms with Crippen LogP contribution < -0.4 is 5.32 Å². The van der Waals surface area contributed by atoms with E-state index in [0.717, 1.165) is 39.3 Å². The van der Waals surface area contributed by atoms with Crippen LogP contribution >= 0.6 is 0 Å². The molecule has 1 aromatic rings. The topological polar surface area (TPSA) is 24.5 Å². The summed E-state index contributed by atoms with van der Waals surface area (Å²) in [5, 5.41) is 3.70. The van der Waals surface area contributed by atoms with Gasteiger partial charge in [0.05, 0.1) is 0 Å². The first-order valence-electron chi connectivity index (χ1n) is 7.95. The third-order valence-electron chi connectivity index (χ3n) is 4.14. The molecule has 0 spiro atoms. The van der Waals surface area contributed by atoms with Gasteiger partial charge in [0.1, 0.15) is 0 Å². The molecule has 0 bridgehead atoms. The number of ether oxygens (including phenoxy) is 1. The van der Waals surface area contributed by atoms with Crippen LogP contribution in [0.25, 0.3) is 0 Å². The quantitative estimate of drug-likeness (QED) is 0.775. The Morgan fingerprint density at radius 2 is 2.05 bits per heavy atom. The molecule has 1 N–H and O–H groups in total. The Morgan fingerprint density at radius 1 is 1.25 bits per heavy atom. The number of nitrogens with zero attached hydrogens (tertiary/aromatic N) is 1. The highest BCUT2D eigenvalue weighted by atomic mass is 16.5. The number of rotatable bonds is 7. The smallest absolute Gasteiger partial charge is 0.0478 e. The lowest BCUT2D eigenvalue weighted by Gasteiger charge is -2.40. The van der Waals surface area contributed by atoms with Gasteiger partial charge in [-0.3, -0.25) is 4.90 Å². The van der Waals surface area contributed by atoms with Crippen molar-refractivity contribution >= 4 is 0 Å². The predicted molar refractivity (Wildman–Crippen MR) is 83.9 cm³/mol. The van der Waals surface area contributed by atoms with Crippen LogP contribution in [0, 0.1) is 0 Å². The highest BCUT2D eigenvalue weighted by Gasteiger charge is 2.26. The third kappa shape index (κ3) is 4.30. The lowest BCUT2D eigenvalue weighted by Crippen LogP contribution is -2.52. The fourth-order valence-electron chi connectivity index (χ4n) is 2.95. The molecule has 0 radical (unpaired) electrons. The molecule has 1 aromatic carbocycles. The van der Waals surface area contributed by atoms with Gasteiger partial charge in [-0.15, -0.1) is 0 Å². The van der Waals surface area contributed by atoms with Crippen molar-refractivity contribution < 1.29 is 4.74 Å². The summed E-state index contributed by atoms with van der Waals surface area (Å²) in [6.45, 7) is 9.39. The molecule has 1 aliphatic heterocycles. The lowest BCUT2D eigenvalue weighted by atomic mass is 10.0. The number of hydrogen-bond acceptors (Lipinski definition) is 3. The van der Waals surface area contributed by atoms with E-state index in [0.29, 0.717) is 12.1 Å². The van der Waals surface area contributed by atoms with Gasteiger partial charge in [0, 0.05) is 44.9 Å². The molecule has 2 rings (SSSR count). The van der Waals surface area contributed by atoms with Crippen LogP contribution in [-0.4, -0.2) is 43.8 Å². The van der Waals surface area contributed by atoms with E-state index < -0.39 is 0 Å². The Labute approximate surface area is 123 Å². The monoisotopic (exact) mass is 276 g/mol. The zero-order valence-corrected chi connectivity index (χ0v) is 12.8. The van der Waals surface area contributed by atoms with E-state index in [1.807, 2.05) is 0 Å². The average Bonchev–Trinajstić information content (AvgIpc) is 2.52. The van der Waals surface area contributed by atoms with Crippen molar-refractivity contribution in [3.8, 4) is 0 Å². The number of piperazine rings is 1. The van der Waals surface area contributed by atoms with Crippen LogP contribution in [0.2, 0.25) is 0 Å². The second-order valence-electron chi connectivity index (χ2n) is 5.48. The summed E-state index contributed by atoms with van der Waals surface area (Å²) in [6, 6.07) is 11.9. The highest BCUT2D eigenvalue weighted by Crippen LogP contribution is 2.21. The summed E-state index contributed by atoms with van der Waals surface area (Å²) >= 11 is 0. The second-order valence-corrected chi connectivity index (χ2v) is 5.48. The van der Waals surface area contributed by atoms with Gasteiger partial charge in [0.25, 0.3) is 0 Å². The van der Waals surface area contributed by atoms with E-state index in [2.05, 4.69) is 54.4 Å². The number of benzene rings is 1. The molecule has 1 saturated heterocycles. The van der Waals surface area contributed by atoms with Gasteiger partial charge >= 0.3 is 0 Å². The van der Waals surface area contributed by atoms with Crippen LogP contribution in [-0.2, 0) is 4.74 Å². The zero-order valence-electron chi connectivity index (χ0n) is 12.8. The van der Waals surface area contributed by atoms with Crippen molar-refractivity contribution in [2.24, 2.45) is 0 Å². The average molecular weight is 276 g/mol. The van der Waals surface area contributed by atoms with Gasteiger partial charge in [0.2, 0.25) is 0 Å². The second kappa shape index (κ2) is 8.40. The minimum atomic E-state index is 0.464. The summed E-state index contributed by atoms with van der Waals surface area (Å²) < 4.78 is 5.46. The molecule has 0 amide bonds. The first-order valence-corrected chi connectivity index (χ1v) is 7.95. The largest absolute Gasteiger partial charge is 0.382 e. The van der Waals surface area contributed by atoms with Crippen LogP contribution in [0.4, 0.5) is 0 Å². The van der Waals surface area contributed by atoms with Gasteiger partial charge in [-0.25, -0.2) is 0 Å². The molecule has 0 aliphatic carbocycles. The molecule has 20 heavy (non-hydrogen) atoms. The molecule has 0 aromatic heterocycles. The normalized spacial score (nSPS) is 23.9. The number of nitrogens with one attached hydrogen (secondary N) is 1. The molecule has 1 fully saturated rings. The molecule has 1 heterocycles. The van der Waals surface area contributed by atoms with Crippen molar-refractivity contribution in [3.05, 3.63) is 35.9 Å². The van der Waals surface area contributed by atoms with E-state index in [4.69, 9.17) is 4.74 Å². The maximum absolute atomic E-state index is 5.46. The summed E-state index contributed by atoms with van der Waals surface area (Å²) in [6.07, 6.45) is 2.34. The van der Waals surface area contributed by atoms with Gasteiger partial charge in [-0.1, -0.05) is 37.3 Å². The fourth-order valence-corrected chi connectivity index (χ4v) is 2.95. The summed E-state index contributed by atoms with van der Waals surface area (Å²) in [4.78, 5) is 2.63. The standard InChI is InChI=1S/C17H28N2O/c1-3-16-13-18-17(15-9-6-5-7-10-15)14-19(16)11-8-12-20-4-2/h5-7,9-10,16-18H,3-4,8,11-14H2,1-2H3. The molecule has 2 unspecified atom stereocenters. The zero-order chi connectivity index (χ0) is 14.2. The van der Waals surface area contributed by atoms with Gasteiger partial charge in [-0.2, -0.15) is 0 Å². The van der Waals surface area contributed by atoms with E-state index in [-0.39, 0.29) is 0 Å².